The minimum absolute atomic E-state index is 0.652. The van der Waals surface area contributed by atoms with Crippen molar-refractivity contribution < 1.29 is 9.78 Å². The monoisotopic (exact) mass is 314 g/mol. The van der Waals surface area contributed by atoms with E-state index in [0.717, 1.165) is 13.0 Å². The molecule has 2 nitrogen and oxygen atoms in total. The quantitative estimate of drug-likeness (QED) is 0.142. The van der Waals surface area contributed by atoms with Crippen LogP contribution in [0.15, 0.2) is 0 Å². The molecule has 0 aromatic heterocycles. The molecule has 0 aromatic carbocycles. The van der Waals surface area contributed by atoms with Crippen LogP contribution < -0.4 is 0 Å². The van der Waals surface area contributed by atoms with E-state index in [1.54, 1.807) is 0 Å². The van der Waals surface area contributed by atoms with E-state index in [4.69, 9.17) is 9.78 Å². The second-order valence-corrected chi connectivity index (χ2v) is 6.53. The van der Waals surface area contributed by atoms with Crippen molar-refractivity contribution in [3.8, 4) is 0 Å². The molecule has 0 N–H and O–H groups in total. The van der Waals surface area contributed by atoms with Crippen LogP contribution in [0.2, 0.25) is 0 Å². The first-order valence-corrected chi connectivity index (χ1v) is 10.2. The molecule has 0 aliphatic heterocycles. The smallest absolute Gasteiger partial charge is 0.0822 e. The van der Waals surface area contributed by atoms with Gasteiger partial charge in [0.15, 0.2) is 0 Å². The topological polar surface area (TPSA) is 18.5 Å². The van der Waals surface area contributed by atoms with Crippen molar-refractivity contribution in [1.29, 1.82) is 0 Å². The van der Waals surface area contributed by atoms with Gasteiger partial charge < -0.3 is 0 Å². The molecular weight excluding hydrogens is 272 g/mol. The fourth-order valence-electron chi connectivity index (χ4n) is 2.85. The van der Waals surface area contributed by atoms with Crippen molar-refractivity contribution in [2.24, 2.45) is 0 Å². The molecule has 0 rings (SSSR count). The number of hydrogen-bond donors (Lipinski definition) is 0. The second kappa shape index (κ2) is 20.9. The minimum Gasteiger partial charge on any atom is -0.237 e. The molecule has 0 saturated carbocycles. The predicted molar refractivity (Wildman–Crippen MR) is 97.1 cm³/mol. The molecule has 134 valence electrons. The molecule has 0 aliphatic rings. The van der Waals surface area contributed by atoms with Crippen LogP contribution >= 0.6 is 0 Å². The largest absolute Gasteiger partial charge is 0.237 e. The molecule has 0 fully saturated rings. The normalized spacial score (nSPS) is 11.2. The van der Waals surface area contributed by atoms with Crippen LogP contribution in [0, 0.1) is 0 Å². The fraction of sp³-hybridized carbons (Fsp3) is 1.00. The molecule has 2 heteroatoms. The Labute approximate surface area is 140 Å². The fourth-order valence-corrected chi connectivity index (χ4v) is 2.85. The zero-order valence-electron chi connectivity index (χ0n) is 15.5. The van der Waals surface area contributed by atoms with Gasteiger partial charge in [-0.1, -0.05) is 103 Å². The third-order valence-electron chi connectivity index (χ3n) is 4.28. The predicted octanol–water partition coefficient (Wildman–Crippen LogP) is 7.22. The molecule has 0 unspecified atom stereocenters. The maximum atomic E-state index is 5.00. The summed E-state index contributed by atoms with van der Waals surface area (Å²) in [5.41, 5.74) is 0. The average Bonchev–Trinajstić information content (AvgIpc) is 2.54. The molecule has 0 atom stereocenters. The van der Waals surface area contributed by atoms with Gasteiger partial charge in [0.2, 0.25) is 0 Å². The van der Waals surface area contributed by atoms with Gasteiger partial charge in [-0.15, -0.1) is 0 Å². The number of unbranched alkanes of at least 4 members (excludes halogenated alkanes) is 15. The highest BCUT2D eigenvalue weighted by atomic mass is 17.2. The van der Waals surface area contributed by atoms with Crippen molar-refractivity contribution >= 4 is 0 Å². The first-order valence-electron chi connectivity index (χ1n) is 10.2. The lowest BCUT2D eigenvalue weighted by atomic mass is 10.0. The lowest BCUT2D eigenvalue weighted by Crippen LogP contribution is -1.95. The molecule has 0 aliphatic carbocycles. The summed E-state index contributed by atoms with van der Waals surface area (Å²) in [6, 6.07) is 0. The van der Waals surface area contributed by atoms with Crippen molar-refractivity contribution in [2.75, 3.05) is 13.2 Å². The van der Waals surface area contributed by atoms with Gasteiger partial charge in [-0.2, -0.15) is 0 Å². The van der Waals surface area contributed by atoms with Crippen LogP contribution in [0.3, 0.4) is 0 Å². The Bertz CT molecular complexity index is 163. The maximum Gasteiger partial charge on any atom is 0.0822 e. The first kappa shape index (κ1) is 21.9. The highest BCUT2D eigenvalue weighted by Gasteiger charge is 1.94. The van der Waals surface area contributed by atoms with E-state index in [0.29, 0.717) is 6.61 Å². The summed E-state index contributed by atoms with van der Waals surface area (Å²) in [4.78, 5) is 9.86. The Hall–Kier alpha value is -0.0800. The molecule has 0 aromatic rings. The highest BCUT2D eigenvalue weighted by molar-refractivity contribution is 4.49. The van der Waals surface area contributed by atoms with E-state index < -0.39 is 0 Å². The first-order chi connectivity index (χ1) is 10.9. The van der Waals surface area contributed by atoms with E-state index in [1.807, 2.05) is 6.92 Å². The summed E-state index contributed by atoms with van der Waals surface area (Å²) in [6.07, 6.45) is 22.5. The average molecular weight is 315 g/mol. The van der Waals surface area contributed by atoms with Gasteiger partial charge in [-0.3, -0.25) is 0 Å². The van der Waals surface area contributed by atoms with Crippen LogP contribution in [-0.2, 0) is 9.78 Å². The Morgan fingerprint density at radius 3 is 1.14 bits per heavy atom. The maximum absolute atomic E-state index is 5.00. The highest BCUT2D eigenvalue weighted by Crippen LogP contribution is 2.13. The molecule has 0 amide bonds. The van der Waals surface area contributed by atoms with Gasteiger partial charge in [0, 0.05) is 0 Å². The second-order valence-electron chi connectivity index (χ2n) is 6.53. The van der Waals surface area contributed by atoms with Gasteiger partial charge in [0.25, 0.3) is 0 Å². The molecular formula is C20H42O2. The van der Waals surface area contributed by atoms with Gasteiger partial charge in [-0.25, -0.2) is 9.78 Å². The third kappa shape index (κ3) is 19.9. The van der Waals surface area contributed by atoms with Crippen molar-refractivity contribution in [3.05, 3.63) is 0 Å². The summed E-state index contributed by atoms with van der Waals surface area (Å²) >= 11 is 0. The van der Waals surface area contributed by atoms with Crippen LogP contribution in [0.4, 0.5) is 0 Å². The molecule has 0 bridgehead atoms. The molecule has 22 heavy (non-hydrogen) atoms. The van der Waals surface area contributed by atoms with Crippen LogP contribution in [0.25, 0.3) is 0 Å². The van der Waals surface area contributed by atoms with E-state index in [2.05, 4.69) is 6.92 Å². The number of hydrogen-bond acceptors (Lipinski definition) is 2. The van der Waals surface area contributed by atoms with E-state index in [-0.39, 0.29) is 0 Å². The SMILES string of the molecule is CCCCCCCCCCCCCCCCCCOOCC. The Balaban J connectivity index is 2.91. The van der Waals surface area contributed by atoms with E-state index in [1.165, 1.54) is 96.3 Å². The van der Waals surface area contributed by atoms with Crippen LogP contribution in [0.1, 0.15) is 117 Å². The Morgan fingerprint density at radius 1 is 0.409 bits per heavy atom. The summed E-state index contributed by atoms with van der Waals surface area (Å²) in [6.45, 7) is 5.65. The minimum atomic E-state index is 0.652. The third-order valence-corrected chi connectivity index (χ3v) is 4.28. The lowest BCUT2D eigenvalue weighted by molar-refractivity contribution is -0.291. The van der Waals surface area contributed by atoms with E-state index in [9.17, 15) is 0 Å². The standard InChI is InChI=1S/C20H42O2/c1-3-5-6-7-8-9-10-11-12-13-14-15-16-17-18-19-20-22-21-4-2/h3-20H2,1-2H3. The summed E-state index contributed by atoms with van der Waals surface area (Å²) < 4.78 is 0. The molecule has 0 radical (unpaired) electrons. The van der Waals surface area contributed by atoms with Gasteiger partial charge in [0.05, 0.1) is 13.2 Å². The van der Waals surface area contributed by atoms with Crippen molar-refractivity contribution in [2.45, 2.75) is 117 Å². The summed E-state index contributed by atoms with van der Waals surface area (Å²) in [7, 11) is 0. The summed E-state index contributed by atoms with van der Waals surface area (Å²) in [5, 5.41) is 0. The zero-order chi connectivity index (χ0) is 16.1. The van der Waals surface area contributed by atoms with Crippen LogP contribution in [0.5, 0.6) is 0 Å². The Kier molecular flexibility index (Phi) is 20.8. The van der Waals surface area contributed by atoms with Gasteiger partial charge in [0.1, 0.15) is 0 Å². The number of rotatable bonds is 19. The van der Waals surface area contributed by atoms with Gasteiger partial charge >= 0.3 is 0 Å². The van der Waals surface area contributed by atoms with Crippen molar-refractivity contribution in [1.82, 2.24) is 0 Å². The van der Waals surface area contributed by atoms with E-state index >= 15 is 0 Å². The van der Waals surface area contributed by atoms with Crippen molar-refractivity contribution in [3.63, 3.8) is 0 Å². The van der Waals surface area contributed by atoms with Gasteiger partial charge in [-0.05, 0) is 13.3 Å². The Morgan fingerprint density at radius 2 is 0.773 bits per heavy atom. The molecule has 0 saturated heterocycles. The molecule has 0 spiro atoms. The zero-order valence-corrected chi connectivity index (χ0v) is 15.5. The van der Waals surface area contributed by atoms with Crippen LogP contribution in [-0.4, -0.2) is 13.2 Å². The molecule has 0 heterocycles. The lowest BCUT2D eigenvalue weighted by Gasteiger charge is -2.04. The summed E-state index contributed by atoms with van der Waals surface area (Å²) in [5.74, 6) is 0.